The van der Waals surface area contributed by atoms with Gasteiger partial charge in [-0.25, -0.2) is 14.8 Å². The van der Waals surface area contributed by atoms with E-state index in [9.17, 15) is 9.90 Å². The maximum atomic E-state index is 12.6. The molecule has 1 aromatic heterocycles. The number of urea groups is 1. The average molecular weight is 649 g/mol. The van der Waals surface area contributed by atoms with E-state index < -0.39 is 6.29 Å². The predicted molar refractivity (Wildman–Crippen MR) is 181 cm³/mol. The molecule has 4 aromatic carbocycles. The van der Waals surface area contributed by atoms with E-state index >= 15 is 0 Å². The Kier molecular flexibility index (Phi) is 10.8. The number of aliphatic hydroxyl groups is 1. The number of aromatic nitrogens is 2. The smallest absolute Gasteiger partial charge is 0.319 e. The van der Waals surface area contributed by atoms with Crippen molar-refractivity contribution in [3.05, 3.63) is 144 Å². The van der Waals surface area contributed by atoms with Gasteiger partial charge in [-0.2, -0.15) is 0 Å². The minimum Gasteiger partial charge on any atom is -0.457 e. The molecule has 10 heteroatoms. The van der Waals surface area contributed by atoms with Gasteiger partial charge >= 0.3 is 6.03 Å². The summed E-state index contributed by atoms with van der Waals surface area (Å²) in [6.07, 6.45) is 2.53. The minimum absolute atomic E-state index is 0.00991. The van der Waals surface area contributed by atoms with E-state index in [-0.39, 0.29) is 30.8 Å². The molecule has 0 radical (unpaired) electrons. The fourth-order valence-corrected chi connectivity index (χ4v) is 6.17. The number of amides is 2. The quantitative estimate of drug-likeness (QED) is 0.0988. The summed E-state index contributed by atoms with van der Waals surface area (Å²) in [6.45, 7) is 2.47. The van der Waals surface area contributed by atoms with Crippen LogP contribution in [-0.2, 0) is 22.6 Å². The fraction of sp³-hybridized carbons (Fsp3) is 0.216. The molecule has 5 aromatic rings. The van der Waals surface area contributed by atoms with Crippen LogP contribution in [0.25, 0.3) is 0 Å². The van der Waals surface area contributed by atoms with Crippen molar-refractivity contribution >= 4 is 23.5 Å². The van der Waals surface area contributed by atoms with Gasteiger partial charge in [0.1, 0.15) is 11.5 Å². The predicted octanol–water partition coefficient (Wildman–Crippen LogP) is 7.67. The molecular weight excluding hydrogens is 612 g/mol. The van der Waals surface area contributed by atoms with Gasteiger partial charge in [0.2, 0.25) is 0 Å². The fourth-order valence-electron chi connectivity index (χ4n) is 5.21. The number of rotatable bonds is 11. The standard InChI is InChI=1S/C37H36N4O5S/c1-25-33(24-47-37-38-20-5-21-39-37)45-35(46-34(25)28-12-10-27(23-42)11-13-28)29-14-8-26(9-15-29)22-40-36(43)41-30-16-18-32(19-17-30)44-31-6-3-2-4-7-31/h2-21,25,33-35,42H,22-24H2,1H3,(H2,40,41,43). The van der Waals surface area contributed by atoms with E-state index in [0.717, 1.165) is 28.0 Å². The van der Waals surface area contributed by atoms with Gasteiger partial charge < -0.3 is 30.0 Å². The molecule has 4 atom stereocenters. The molecule has 0 saturated carbocycles. The topological polar surface area (TPSA) is 115 Å². The molecule has 240 valence electrons. The zero-order chi connectivity index (χ0) is 32.4. The van der Waals surface area contributed by atoms with E-state index in [1.807, 2.05) is 91.0 Å². The highest BCUT2D eigenvalue weighted by Gasteiger charge is 2.38. The first kappa shape index (κ1) is 32.2. The summed E-state index contributed by atoms with van der Waals surface area (Å²) in [4.78, 5) is 21.3. The van der Waals surface area contributed by atoms with E-state index in [0.29, 0.717) is 28.9 Å². The second kappa shape index (κ2) is 15.7. The summed E-state index contributed by atoms with van der Waals surface area (Å²) >= 11 is 1.56. The van der Waals surface area contributed by atoms with Crippen LogP contribution in [0.4, 0.5) is 10.5 Å². The third kappa shape index (κ3) is 8.75. The lowest BCUT2D eigenvalue weighted by Gasteiger charge is -2.41. The van der Waals surface area contributed by atoms with Crippen molar-refractivity contribution in [1.29, 1.82) is 0 Å². The van der Waals surface area contributed by atoms with Crippen LogP contribution in [0.3, 0.4) is 0 Å². The molecule has 0 bridgehead atoms. The van der Waals surface area contributed by atoms with Crippen molar-refractivity contribution in [1.82, 2.24) is 15.3 Å². The maximum absolute atomic E-state index is 12.6. The molecule has 4 unspecified atom stereocenters. The number of para-hydroxylation sites is 1. The number of benzene rings is 4. The molecule has 2 amide bonds. The SMILES string of the molecule is CC1C(CSc2ncccn2)OC(c2ccc(CNC(=O)Nc3ccc(Oc4ccccc4)cc3)cc2)OC1c1ccc(CO)cc1. The van der Waals surface area contributed by atoms with Gasteiger partial charge in [-0.05, 0) is 59.2 Å². The van der Waals surface area contributed by atoms with Crippen LogP contribution in [0, 0.1) is 5.92 Å². The van der Waals surface area contributed by atoms with Crippen molar-refractivity contribution in [2.24, 2.45) is 5.92 Å². The number of thioether (sulfide) groups is 1. The molecule has 47 heavy (non-hydrogen) atoms. The number of nitrogens with one attached hydrogen (secondary N) is 2. The monoisotopic (exact) mass is 648 g/mol. The van der Waals surface area contributed by atoms with Crippen LogP contribution in [-0.4, -0.2) is 33.0 Å². The Balaban J connectivity index is 1.06. The zero-order valence-electron chi connectivity index (χ0n) is 25.9. The highest BCUT2D eigenvalue weighted by Crippen LogP contribution is 2.42. The Morgan fingerprint density at radius 1 is 0.809 bits per heavy atom. The summed E-state index contributed by atoms with van der Waals surface area (Å²) in [6, 6.07) is 34.0. The molecular formula is C37H36N4O5S. The van der Waals surface area contributed by atoms with Gasteiger partial charge in [0.15, 0.2) is 11.4 Å². The number of hydrogen-bond donors (Lipinski definition) is 3. The largest absolute Gasteiger partial charge is 0.457 e. The number of nitrogens with zero attached hydrogens (tertiary/aromatic N) is 2. The molecule has 1 aliphatic heterocycles. The highest BCUT2D eigenvalue weighted by atomic mass is 32.2. The molecule has 9 nitrogen and oxygen atoms in total. The normalized spacial score (nSPS) is 19.1. The molecule has 0 aliphatic carbocycles. The Bertz CT molecular complexity index is 1710. The molecule has 1 saturated heterocycles. The van der Waals surface area contributed by atoms with E-state index in [1.54, 1.807) is 42.4 Å². The van der Waals surface area contributed by atoms with Crippen LogP contribution in [0.1, 0.15) is 41.6 Å². The van der Waals surface area contributed by atoms with E-state index in [2.05, 4.69) is 27.5 Å². The minimum atomic E-state index is -0.588. The lowest BCUT2D eigenvalue weighted by atomic mass is 9.91. The molecule has 0 spiro atoms. The van der Waals surface area contributed by atoms with Crippen molar-refractivity contribution < 1.29 is 24.1 Å². The highest BCUT2D eigenvalue weighted by molar-refractivity contribution is 7.99. The Labute approximate surface area is 278 Å². The Morgan fingerprint density at radius 3 is 2.17 bits per heavy atom. The van der Waals surface area contributed by atoms with Gasteiger partial charge in [-0.15, -0.1) is 0 Å². The zero-order valence-corrected chi connectivity index (χ0v) is 26.7. The summed E-state index contributed by atoms with van der Waals surface area (Å²) in [7, 11) is 0. The molecule has 3 N–H and O–H groups in total. The first-order chi connectivity index (χ1) is 23.0. The summed E-state index contributed by atoms with van der Waals surface area (Å²) in [5, 5.41) is 16.0. The van der Waals surface area contributed by atoms with Crippen molar-refractivity contribution in [3.63, 3.8) is 0 Å². The van der Waals surface area contributed by atoms with Crippen LogP contribution >= 0.6 is 11.8 Å². The van der Waals surface area contributed by atoms with Gasteiger partial charge in [-0.1, -0.05) is 85.4 Å². The second-order valence-electron chi connectivity index (χ2n) is 11.2. The van der Waals surface area contributed by atoms with Gasteiger partial charge in [0.25, 0.3) is 0 Å². The van der Waals surface area contributed by atoms with Gasteiger partial charge in [-0.3, -0.25) is 0 Å². The molecule has 1 aliphatic rings. The molecule has 1 fully saturated rings. The summed E-state index contributed by atoms with van der Waals surface area (Å²) < 4.78 is 18.9. The first-order valence-electron chi connectivity index (χ1n) is 15.4. The first-order valence-corrected chi connectivity index (χ1v) is 16.4. The summed E-state index contributed by atoms with van der Waals surface area (Å²) in [5.74, 6) is 2.15. The van der Waals surface area contributed by atoms with Gasteiger partial charge in [0, 0.05) is 41.9 Å². The van der Waals surface area contributed by atoms with Crippen LogP contribution in [0.5, 0.6) is 11.5 Å². The van der Waals surface area contributed by atoms with Crippen LogP contribution in [0.15, 0.2) is 127 Å². The Morgan fingerprint density at radius 2 is 1.47 bits per heavy atom. The van der Waals surface area contributed by atoms with Crippen molar-refractivity contribution in [3.8, 4) is 11.5 Å². The van der Waals surface area contributed by atoms with Crippen LogP contribution in [0.2, 0.25) is 0 Å². The van der Waals surface area contributed by atoms with Crippen molar-refractivity contribution in [2.75, 3.05) is 11.1 Å². The van der Waals surface area contributed by atoms with Crippen LogP contribution < -0.4 is 15.4 Å². The summed E-state index contributed by atoms with van der Waals surface area (Å²) in [5.41, 5.74) is 4.35. The number of ether oxygens (including phenoxy) is 3. The number of carbonyl (C=O) groups excluding carboxylic acids is 1. The third-order valence-electron chi connectivity index (χ3n) is 7.84. The van der Waals surface area contributed by atoms with E-state index in [4.69, 9.17) is 14.2 Å². The number of carbonyl (C=O) groups is 1. The number of anilines is 1. The Hall–Kier alpha value is -4.74. The number of aliphatic hydroxyl groups excluding tert-OH is 1. The number of hydrogen-bond acceptors (Lipinski definition) is 8. The third-order valence-corrected chi connectivity index (χ3v) is 8.80. The second-order valence-corrected chi connectivity index (χ2v) is 12.1. The maximum Gasteiger partial charge on any atom is 0.319 e. The molecule has 6 rings (SSSR count). The lowest BCUT2D eigenvalue weighted by Crippen LogP contribution is -2.38. The molecule has 2 heterocycles. The van der Waals surface area contributed by atoms with E-state index in [1.165, 1.54) is 0 Å². The van der Waals surface area contributed by atoms with Crippen molar-refractivity contribution in [2.45, 2.75) is 43.7 Å². The lowest BCUT2D eigenvalue weighted by molar-refractivity contribution is -0.268. The van der Waals surface area contributed by atoms with Gasteiger partial charge in [0.05, 0.1) is 18.8 Å². The average Bonchev–Trinajstić information content (AvgIpc) is 3.12.